The Morgan fingerprint density at radius 1 is 0.838 bits per heavy atom. The van der Waals surface area contributed by atoms with Crippen molar-refractivity contribution in [2.24, 2.45) is 0 Å². The Morgan fingerprint density at radius 2 is 1.35 bits per heavy atom. The van der Waals surface area contributed by atoms with Crippen LogP contribution in [0.15, 0.2) is 36.4 Å². The van der Waals surface area contributed by atoms with E-state index in [1.165, 1.54) is 12.1 Å². The van der Waals surface area contributed by atoms with Gasteiger partial charge >= 0.3 is 0 Å². The van der Waals surface area contributed by atoms with Crippen LogP contribution in [-0.4, -0.2) is 77.5 Å². The van der Waals surface area contributed by atoms with Crippen LogP contribution in [0, 0.1) is 7.14 Å². The highest BCUT2D eigenvalue weighted by Crippen LogP contribution is 2.34. The number of aliphatic carboxylic acids is 4. The molecule has 0 radical (unpaired) electrons. The zero-order chi connectivity index (χ0) is 27.7. The van der Waals surface area contributed by atoms with Gasteiger partial charge in [0.25, 0.3) is 0 Å². The zero-order valence-corrected chi connectivity index (χ0v) is 23.4. The van der Waals surface area contributed by atoms with Crippen molar-refractivity contribution in [3.63, 3.8) is 0 Å². The fourth-order valence-electron chi connectivity index (χ4n) is 3.40. The molecule has 0 amide bonds. The Balaban J connectivity index is 2.25. The van der Waals surface area contributed by atoms with Crippen molar-refractivity contribution in [1.29, 1.82) is 0 Å². The normalized spacial score (nSPS) is 11.9. The minimum absolute atomic E-state index is 0.0731. The van der Waals surface area contributed by atoms with Crippen molar-refractivity contribution in [3.05, 3.63) is 49.1 Å². The lowest BCUT2D eigenvalue weighted by Gasteiger charge is -2.35. The summed E-state index contributed by atoms with van der Waals surface area (Å²) in [6.07, 6.45) is -0.178. The van der Waals surface area contributed by atoms with E-state index in [0.717, 1.165) is 9.80 Å². The topological polar surface area (TPSA) is 196 Å². The van der Waals surface area contributed by atoms with Gasteiger partial charge in [0.05, 0.1) is 37.1 Å². The van der Waals surface area contributed by atoms with Crippen LogP contribution in [0.1, 0.15) is 5.56 Å². The Kier molecular flexibility index (Phi) is 11.8. The van der Waals surface area contributed by atoms with Crippen LogP contribution in [0.25, 0.3) is 0 Å². The number of aromatic hydroxyl groups is 1. The number of rotatable bonds is 15. The number of hydrogen-bond donors (Lipinski definition) is 1. The first-order valence-electron chi connectivity index (χ1n) is 10.6. The van der Waals surface area contributed by atoms with Crippen LogP contribution in [0.5, 0.6) is 17.2 Å². The summed E-state index contributed by atoms with van der Waals surface area (Å²) in [5.74, 6) is -5.27. The van der Waals surface area contributed by atoms with Gasteiger partial charge in [0.15, 0.2) is 5.75 Å². The zero-order valence-electron chi connectivity index (χ0n) is 19.1. The molecule has 0 saturated carbocycles. The summed E-state index contributed by atoms with van der Waals surface area (Å²) < 4.78 is 7.13. The van der Waals surface area contributed by atoms with Crippen molar-refractivity contribution in [2.45, 2.75) is 12.5 Å². The molecule has 2 aromatic rings. The summed E-state index contributed by atoms with van der Waals surface area (Å²) in [5, 5.41) is 54.6. The fraction of sp³-hybridized carbons (Fsp3) is 0.304. The van der Waals surface area contributed by atoms with Crippen molar-refractivity contribution >= 4 is 69.1 Å². The molecule has 0 fully saturated rings. The van der Waals surface area contributed by atoms with Crippen LogP contribution < -0.4 is 25.2 Å². The fourth-order valence-corrected chi connectivity index (χ4v) is 5.52. The third-order valence-corrected chi connectivity index (χ3v) is 6.60. The Bertz CT molecular complexity index is 1100. The number of halogens is 2. The number of carbonyl (C=O) groups is 4. The van der Waals surface area contributed by atoms with Crippen molar-refractivity contribution in [3.8, 4) is 17.2 Å². The van der Waals surface area contributed by atoms with E-state index in [9.17, 15) is 44.7 Å². The maximum atomic E-state index is 12.0. The summed E-state index contributed by atoms with van der Waals surface area (Å²) in [6, 6.07) is 7.92. The number of nitrogens with zero attached hydrogens (tertiary/aromatic N) is 2. The lowest BCUT2D eigenvalue weighted by atomic mass is 10.0. The molecule has 0 saturated heterocycles. The summed E-state index contributed by atoms with van der Waals surface area (Å²) in [5.41, 5.74) is 0.519. The second kappa shape index (κ2) is 14.3. The first-order chi connectivity index (χ1) is 17.3. The van der Waals surface area contributed by atoms with E-state index in [2.05, 4.69) is 0 Å². The van der Waals surface area contributed by atoms with Crippen LogP contribution in [0.3, 0.4) is 0 Å². The van der Waals surface area contributed by atoms with Gasteiger partial charge in [-0.2, -0.15) is 0 Å². The highest BCUT2D eigenvalue weighted by atomic mass is 127. The number of phenolic OH excluding ortho intramolecular Hbond substituents is 1. The highest BCUT2D eigenvalue weighted by molar-refractivity contribution is 14.1. The quantitative estimate of drug-likeness (QED) is 0.181. The predicted octanol–water partition coefficient (Wildman–Crippen LogP) is -3.09. The number of carbonyl (C=O) groups excluding carboxylic acids is 4. The molecule has 0 heterocycles. The van der Waals surface area contributed by atoms with Gasteiger partial charge in [-0.15, -0.1) is 0 Å². The number of carboxylic acid groups (broad SMARTS) is 4. The van der Waals surface area contributed by atoms with Crippen LogP contribution >= 0.6 is 45.2 Å². The number of hydrogen-bond acceptors (Lipinski definition) is 12. The van der Waals surface area contributed by atoms with Crippen LogP contribution in [-0.2, 0) is 25.6 Å². The number of ether oxygens (including phenoxy) is 1. The molecular weight excluding hydrogens is 718 g/mol. The van der Waals surface area contributed by atoms with E-state index < -0.39 is 49.6 Å². The molecule has 37 heavy (non-hydrogen) atoms. The molecule has 0 aromatic heterocycles. The molecule has 12 nitrogen and oxygen atoms in total. The molecule has 0 spiro atoms. The summed E-state index contributed by atoms with van der Waals surface area (Å²) in [7, 11) is 0. The number of phenols is 1. The van der Waals surface area contributed by atoms with E-state index >= 15 is 0 Å². The van der Waals surface area contributed by atoms with Gasteiger partial charge in [0.1, 0.15) is 11.5 Å². The summed E-state index contributed by atoms with van der Waals surface area (Å²) in [6.45, 7) is -2.99. The largest absolute Gasteiger partial charge is 0.549 e. The van der Waals surface area contributed by atoms with Crippen LogP contribution in [0.4, 0.5) is 0 Å². The van der Waals surface area contributed by atoms with Gasteiger partial charge in [0, 0.05) is 32.7 Å². The van der Waals surface area contributed by atoms with Gasteiger partial charge in [-0.25, -0.2) is 0 Å². The predicted molar refractivity (Wildman–Crippen MR) is 136 cm³/mol. The van der Waals surface area contributed by atoms with Gasteiger partial charge < -0.3 is 49.4 Å². The molecule has 14 heteroatoms. The molecule has 0 aliphatic rings. The molecule has 200 valence electrons. The SMILES string of the molecule is O=C([O-])CN(CCN(CC(=O)[O-])C(Cc1cc(I)c(Oc2ccc(O)cc2)c(I)c1)C(=O)[O-])CC(=O)[O-]. The monoisotopic (exact) mass is 738 g/mol. The van der Waals surface area contributed by atoms with Crippen molar-refractivity contribution < 1.29 is 49.4 Å². The minimum atomic E-state index is -1.58. The molecule has 1 N–H and O–H groups in total. The smallest absolute Gasteiger partial charge is 0.154 e. The number of benzene rings is 2. The van der Waals surface area contributed by atoms with E-state index in [-0.39, 0.29) is 25.3 Å². The molecule has 0 aliphatic heterocycles. The molecule has 1 atom stereocenters. The third-order valence-electron chi connectivity index (χ3n) is 5.00. The van der Waals surface area contributed by atoms with E-state index in [0.29, 0.717) is 24.2 Å². The Morgan fingerprint density at radius 3 is 1.81 bits per heavy atom. The molecule has 1 unspecified atom stereocenters. The average molecular weight is 738 g/mol. The standard InChI is InChI=1S/C23H24I2N2O10/c24-16-7-13(8-17(25)22(16)37-15-3-1-14(28)2-4-15)9-18(23(35)36)27(12-21(33)34)6-5-26(10-19(29)30)11-20(31)32/h1-4,7-8,18,28H,5-6,9-12H2,(H,29,30)(H,31,32)(H,33,34)(H,35,36)/p-4. The molecule has 2 rings (SSSR count). The highest BCUT2D eigenvalue weighted by Gasteiger charge is 2.23. The van der Waals surface area contributed by atoms with E-state index in [4.69, 9.17) is 4.74 Å². The molecule has 0 bridgehead atoms. The van der Waals surface area contributed by atoms with Crippen molar-refractivity contribution in [1.82, 2.24) is 9.80 Å². The molecule has 2 aromatic carbocycles. The van der Waals surface area contributed by atoms with Gasteiger partial charge in [0.2, 0.25) is 0 Å². The Hall–Kier alpha value is -2.70. The summed E-state index contributed by atoms with van der Waals surface area (Å²) in [4.78, 5) is 47.0. The summed E-state index contributed by atoms with van der Waals surface area (Å²) >= 11 is 4.01. The van der Waals surface area contributed by atoms with E-state index in [1.807, 2.05) is 45.2 Å². The minimum Gasteiger partial charge on any atom is -0.549 e. The maximum Gasteiger partial charge on any atom is 0.154 e. The average Bonchev–Trinajstić information content (AvgIpc) is 2.77. The van der Waals surface area contributed by atoms with Gasteiger partial charge in [-0.05, 0) is 93.6 Å². The third kappa shape index (κ3) is 10.3. The Labute approximate surface area is 238 Å². The first kappa shape index (κ1) is 30.5. The second-order valence-electron chi connectivity index (χ2n) is 7.82. The molecular formula is C23H20I2N2O10-4. The lowest BCUT2D eigenvalue weighted by molar-refractivity contribution is -0.317. The number of carboxylic acids is 4. The molecule has 0 aliphatic carbocycles. The maximum absolute atomic E-state index is 12.0. The second-order valence-corrected chi connectivity index (χ2v) is 10.1. The van der Waals surface area contributed by atoms with Gasteiger partial charge in [-0.3, -0.25) is 9.80 Å². The van der Waals surface area contributed by atoms with E-state index in [1.54, 1.807) is 24.3 Å². The lowest BCUT2D eigenvalue weighted by Crippen LogP contribution is -2.55. The first-order valence-corrected chi connectivity index (χ1v) is 12.7. The van der Waals surface area contributed by atoms with Crippen molar-refractivity contribution in [2.75, 3.05) is 32.7 Å². The van der Waals surface area contributed by atoms with Crippen LogP contribution in [0.2, 0.25) is 0 Å². The van der Waals surface area contributed by atoms with Gasteiger partial charge in [-0.1, -0.05) is 0 Å².